The van der Waals surface area contributed by atoms with E-state index in [0.717, 1.165) is 36.3 Å². The normalized spacial score (nSPS) is 11.4. The Labute approximate surface area is 215 Å². The van der Waals surface area contributed by atoms with Gasteiger partial charge in [-0.15, -0.1) is 0 Å². The zero-order chi connectivity index (χ0) is 26.7. The zero-order valence-electron chi connectivity index (χ0n) is 20.8. The Hall–Kier alpha value is -3.99. The highest BCUT2D eigenvalue weighted by Crippen LogP contribution is 2.33. The summed E-state index contributed by atoms with van der Waals surface area (Å²) in [6.45, 7) is 5.64. The number of nitrogens with one attached hydrogen (secondary N) is 2. The molecule has 4 rings (SSSR count). The van der Waals surface area contributed by atoms with Crippen LogP contribution in [0.1, 0.15) is 33.1 Å². The molecule has 0 atom stereocenters. The van der Waals surface area contributed by atoms with Crippen molar-refractivity contribution in [3.8, 4) is 17.1 Å². The molecule has 10 nitrogen and oxygen atoms in total. The van der Waals surface area contributed by atoms with Crippen molar-refractivity contribution < 1.29 is 14.6 Å². The number of aromatic hydroxyl groups is 1. The van der Waals surface area contributed by atoms with E-state index in [1.54, 1.807) is 12.1 Å². The summed E-state index contributed by atoms with van der Waals surface area (Å²) in [6.07, 6.45) is 1.84. The Morgan fingerprint density at radius 3 is 2.65 bits per heavy atom. The zero-order valence-corrected chi connectivity index (χ0v) is 21.6. The number of carbonyl (C=O) groups excluding carboxylic acids is 1. The first kappa shape index (κ1) is 26.1. The first-order valence-electron chi connectivity index (χ1n) is 11.9. The Morgan fingerprint density at radius 2 is 1.92 bits per heavy atom. The molecule has 1 aliphatic heterocycles. The molecule has 0 unspecified atom stereocenters. The second kappa shape index (κ2) is 11.0. The van der Waals surface area contributed by atoms with Gasteiger partial charge in [0.25, 0.3) is 5.56 Å². The summed E-state index contributed by atoms with van der Waals surface area (Å²) in [4.78, 5) is 56.1. The third-order valence-corrected chi connectivity index (χ3v) is 7.00. The quantitative estimate of drug-likeness (QED) is 0.224. The average molecular weight is 525 g/mol. The highest BCUT2D eigenvalue weighted by atomic mass is 32.1. The van der Waals surface area contributed by atoms with Crippen LogP contribution in [-0.4, -0.2) is 45.6 Å². The first-order chi connectivity index (χ1) is 17.7. The van der Waals surface area contributed by atoms with Gasteiger partial charge in [-0.1, -0.05) is 13.8 Å². The van der Waals surface area contributed by atoms with Gasteiger partial charge in [0, 0.05) is 30.6 Å². The van der Waals surface area contributed by atoms with E-state index in [1.165, 1.54) is 13.2 Å². The molecule has 0 amide bonds. The number of aromatic amines is 2. The molecule has 0 spiro atoms. The predicted octanol–water partition coefficient (Wildman–Crippen LogP) is 2.94. The number of carbonyl (C=O) groups is 1. The Bertz CT molecular complexity index is 1690. The van der Waals surface area contributed by atoms with Crippen LogP contribution < -0.4 is 21.3 Å². The standard InChI is InChI=1S/C26H28N4O6S/c1-14(2)10-12-30(11-4-5-20(32)36-3)15-6-7-17-16(13-15)22(33)21(26(35)28-17)25-27-18-8-9-19(31)23(34)24(18)37-29-25/h6-9,13-14H,4-5,10-12H2,1-3H3,(H,27,29)(H2,28,33,35). The van der Waals surface area contributed by atoms with Gasteiger partial charge in [-0.05, 0) is 60.6 Å². The fourth-order valence-corrected chi connectivity index (χ4v) is 4.78. The summed E-state index contributed by atoms with van der Waals surface area (Å²) < 4.78 is 9.08. The molecule has 194 valence electrons. The van der Waals surface area contributed by atoms with Crippen molar-refractivity contribution in [3.63, 3.8) is 0 Å². The van der Waals surface area contributed by atoms with Crippen molar-refractivity contribution in [2.45, 2.75) is 33.1 Å². The lowest BCUT2D eigenvalue weighted by Gasteiger charge is -2.26. The Balaban J connectivity index is 1.78. The maximum absolute atomic E-state index is 12.9. The second-order valence-electron chi connectivity index (χ2n) is 9.18. The van der Waals surface area contributed by atoms with E-state index in [2.05, 4.69) is 33.1 Å². The molecule has 2 heterocycles. The summed E-state index contributed by atoms with van der Waals surface area (Å²) in [5.41, 5.74) is -0.641. The minimum absolute atomic E-state index is 0.0686. The van der Waals surface area contributed by atoms with Crippen LogP contribution in [0.3, 0.4) is 0 Å². The van der Waals surface area contributed by atoms with Crippen molar-refractivity contribution >= 4 is 34.1 Å². The number of esters is 1. The molecule has 2 aliphatic rings. The van der Waals surface area contributed by atoms with E-state index in [4.69, 9.17) is 4.74 Å². The monoisotopic (exact) mass is 524 g/mol. The molecular weight excluding hydrogens is 496 g/mol. The smallest absolute Gasteiger partial charge is 0.305 e. The molecular formula is C26H28N4O6S. The van der Waals surface area contributed by atoms with E-state index >= 15 is 0 Å². The van der Waals surface area contributed by atoms with Crippen molar-refractivity contribution in [2.24, 2.45) is 5.92 Å². The Morgan fingerprint density at radius 1 is 1.14 bits per heavy atom. The first-order valence-corrected chi connectivity index (χ1v) is 12.7. The summed E-state index contributed by atoms with van der Waals surface area (Å²) in [5, 5.41) is 12.0. The molecule has 37 heavy (non-hydrogen) atoms. The number of nitrogens with zero attached hydrogens (tertiary/aromatic N) is 2. The SMILES string of the molecule is COC(=O)CCCN(CCC(C)C)c1ccc2[nH]c(=O)c(-c3nsc4c(=O)c(=O)ccc=4[nH]3)c(O)c2c1. The number of hydrogen-bond acceptors (Lipinski definition) is 9. The van der Waals surface area contributed by atoms with Gasteiger partial charge >= 0.3 is 5.97 Å². The van der Waals surface area contributed by atoms with Gasteiger partial charge in [0.05, 0.1) is 18.0 Å². The number of benzene rings is 1. The van der Waals surface area contributed by atoms with E-state index < -0.39 is 16.4 Å². The fraction of sp³-hybridized carbons (Fsp3) is 0.346. The molecule has 1 aliphatic carbocycles. The maximum atomic E-state index is 12.9. The molecule has 0 radical (unpaired) electrons. The number of H-pyrrole nitrogens is 2. The van der Waals surface area contributed by atoms with Crippen molar-refractivity contribution in [2.75, 3.05) is 25.1 Å². The molecule has 11 heteroatoms. The van der Waals surface area contributed by atoms with E-state index in [9.17, 15) is 24.3 Å². The van der Waals surface area contributed by atoms with Crippen LogP contribution in [0.2, 0.25) is 0 Å². The van der Waals surface area contributed by atoms with E-state index in [-0.39, 0.29) is 27.6 Å². The van der Waals surface area contributed by atoms with Crippen LogP contribution >= 0.6 is 11.5 Å². The summed E-state index contributed by atoms with van der Waals surface area (Å²) in [5.74, 6) is 0.0365. The summed E-state index contributed by atoms with van der Waals surface area (Å²) in [7, 11) is 1.37. The van der Waals surface area contributed by atoms with Crippen LogP contribution in [0.5, 0.6) is 5.75 Å². The molecule has 0 saturated heterocycles. The number of aromatic nitrogens is 3. The molecule has 2 aromatic rings. The number of pyridine rings is 1. The van der Waals surface area contributed by atoms with Crippen molar-refractivity contribution in [1.82, 2.24) is 14.3 Å². The molecule has 0 saturated carbocycles. The molecule has 3 N–H and O–H groups in total. The third kappa shape index (κ3) is 5.56. The highest BCUT2D eigenvalue weighted by Gasteiger charge is 2.18. The van der Waals surface area contributed by atoms with E-state index in [0.29, 0.717) is 41.6 Å². The highest BCUT2D eigenvalue weighted by molar-refractivity contribution is 7.03. The van der Waals surface area contributed by atoms with Gasteiger partial charge in [0.2, 0.25) is 10.9 Å². The molecule has 0 bridgehead atoms. The number of rotatable bonds is 9. The van der Waals surface area contributed by atoms with Gasteiger partial charge in [0.15, 0.2) is 5.82 Å². The third-order valence-electron chi connectivity index (χ3n) is 6.14. The lowest BCUT2D eigenvalue weighted by molar-refractivity contribution is -0.140. The lowest BCUT2D eigenvalue weighted by Crippen LogP contribution is -2.27. The summed E-state index contributed by atoms with van der Waals surface area (Å²) in [6, 6.07) is 8.01. The van der Waals surface area contributed by atoms with Crippen LogP contribution in [0.4, 0.5) is 5.69 Å². The Kier molecular flexibility index (Phi) is 7.72. The average Bonchev–Trinajstić information content (AvgIpc) is 2.88. The topological polar surface area (TPSA) is 145 Å². The van der Waals surface area contributed by atoms with Crippen LogP contribution in [0.15, 0.2) is 44.7 Å². The minimum Gasteiger partial charge on any atom is -0.506 e. The number of ether oxygens (including phenoxy) is 1. The minimum atomic E-state index is -0.673. The number of hydrogen-bond donors (Lipinski definition) is 3. The molecule has 0 fully saturated rings. The molecule has 1 aromatic carbocycles. The molecule has 1 aromatic heterocycles. The van der Waals surface area contributed by atoms with Crippen LogP contribution in [-0.2, 0) is 9.53 Å². The van der Waals surface area contributed by atoms with Gasteiger partial charge < -0.3 is 24.7 Å². The number of fused-ring (bicyclic) bond motifs is 1. The van der Waals surface area contributed by atoms with Crippen LogP contribution in [0, 0.1) is 15.8 Å². The van der Waals surface area contributed by atoms with Crippen molar-refractivity contribution in [3.05, 3.63) is 71.0 Å². The van der Waals surface area contributed by atoms with Gasteiger partial charge in [-0.3, -0.25) is 19.2 Å². The number of anilines is 1. The predicted molar refractivity (Wildman–Crippen MR) is 142 cm³/mol. The van der Waals surface area contributed by atoms with Gasteiger partial charge in [-0.25, -0.2) is 0 Å². The van der Waals surface area contributed by atoms with Crippen LogP contribution in [0.25, 0.3) is 22.3 Å². The summed E-state index contributed by atoms with van der Waals surface area (Å²) >= 11 is 0.789. The largest absolute Gasteiger partial charge is 0.506 e. The lowest BCUT2D eigenvalue weighted by atomic mass is 10.1. The van der Waals surface area contributed by atoms with Gasteiger partial charge in [0.1, 0.15) is 15.8 Å². The number of methoxy groups -OCH3 is 1. The van der Waals surface area contributed by atoms with E-state index in [1.807, 2.05) is 6.07 Å². The second-order valence-corrected chi connectivity index (χ2v) is 9.96. The van der Waals surface area contributed by atoms with Gasteiger partial charge in [-0.2, -0.15) is 4.37 Å². The van der Waals surface area contributed by atoms with Crippen molar-refractivity contribution in [1.29, 1.82) is 0 Å². The maximum Gasteiger partial charge on any atom is 0.305 e. The fourth-order valence-electron chi connectivity index (χ4n) is 4.06.